The first-order chi connectivity index (χ1) is 13.1. The van der Waals surface area contributed by atoms with Crippen molar-refractivity contribution in [1.29, 1.82) is 0 Å². The predicted octanol–water partition coefficient (Wildman–Crippen LogP) is 3.58. The minimum Gasteiger partial charge on any atom is -0.741 e. The Bertz CT molecular complexity index is 1170. The van der Waals surface area contributed by atoms with E-state index >= 15 is 0 Å². The number of para-hydroxylation sites is 2. The van der Waals surface area contributed by atoms with Crippen LogP contribution in [0.1, 0.15) is 0 Å². The molecule has 162 valence electrons. The maximum absolute atomic E-state index is 10.7. The number of hydrogen-bond donors (Lipinski definition) is 0. The number of rotatable bonds is 1. The number of aromatic nitrogens is 2. The Hall–Kier alpha value is -2.34. The average molecular weight is 532 g/mol. The second kappa shape index (κ2) is 10.1. The van der Waals surface area contributed by atoms with Crippen LogP contribution < -0.4 is 0 Å². The van der Waals surface area contributed by atoms with E-state index in [0.29, 0.717) is 0 Å². The molecule has 0 amide bonds. The standard InChI is InChI=1S/C18H12N2.CHF3O3S.Ag.H2O/c1-3-7-15-13(5-1)9-11-17(19-15)18-12-10-14-6-2-4-8-16(14)20-18;2-1(3,4)8(5,6)7;;/h1-12H;(H,5,6,7);;1H2/q;;+1;. The van der Waals surface area contributed by atoms with Crippen molar-refractivity contribution in [2.75, 3.05) is 0 Å². The molecule has 0 saturated heterocycles. The molecule has 6 nitrogen and oxygen atoms in total. The fourth-order valence-corrected chi connectivity index (χ4v) is 2.42. The van der Waals surface area contributed by atoms with Crippen molar-refractivity contribution >= 4 is 31.9 Å². The molecule has 0 fully saturated rings. The Kier molecular flexibility index (Phi) is 8.66. The monoisotopic (exact) mass is 531 g/mol. The number of fused-ring (bicyclic) bond motifs is 2. The van der Waals surface area contributed by atoms with Crippen molar-refractivity contribution in [2.24, 2.45) is 0 Å². The number of benzene rings is 2. The van der Waals surface area contributed by atoms with Crippen LogP contribution in [0, 0.1) is 0 Å². The molecule has 0 bridgehead atoms. The topological polar surface area (TPSA) is 116 Å². The van der Waals surface area contributed by atoms with Gasteiger partial charge in [0.1, 0.15) is 0 Å². The van der Waals surface area contributed by atoms with Crippen molar-refractivity contribution in [3.63, 3.8) is 0 Å². The van der Waals surface area contributed by atoms with Gasteiger partial charge in [-0.1, -0.05) is 48.5 Å². The van der Waals surface area contributed by atoms with E-state index in [1.54, 1.807) is 0 Å². The minimum atomic E-state index is -6.09. The van der Waals surface area contributed by atoms with Crippen molar-refractivity contribution in [2.45, 2.75) is 5.51 Å². The van der Waals surface area contributed by atoms with Gasteiger partial charge in [-0.25, -0.2) is 18.4 Å². The van der Waals surface area contributed by atoms with Crippen LogP contribution in [0.2, 0.25) is 0 Å². The Balaban J connectivity index is 0.000000393. The van der Waals surface area contributed by atoms with E-state index in [4.69, 9.17) is 13.0 Å². The first-order valence-electron chi connectivity index (χ1n) is 7.89. The van der Waals surface area contributed by atoms with E-state index in [2.05, 4.69) is 34.2 Å². The third kappa shape index (κ3) is 6.08. The minimum absolute atomic E-state index is 0. The molecule has 4 rings (SSSR count). The fourth-order valence-electron chi connectivity index (χ4n) is 2.42. The maximum atomic E-state index is 10.7. The molecule has 0 spiro atoms. The van der Waals surface area contributed by atoms with Crippen LogP contribution in [0.15, 0.2) is 72.8 Å². The molecule has 4 aromatic rings. The summed E-state index contributed by atoms with van der Waals surface area (Å²) in [6.45, 7) is 0. The molecule has 30 heavy (non-hydrogen) atoms. The quantitative estimate of drug-likeness (QED) is 0.161. The molecular weight excluding hydrogens is 517 g/mol. The fraction of sp³-hybridized carbons (Fsp3) is 0.0526. The smallest absolute Gasteiger partial charge is 0.741 e. The van der Waals surface area contributed by atoms with Gasteiger partial charge in [0.2, 0.25) is 0 Å². The summed E-state index contributed by atoms with van der Waals surface area (Å²) in [6.07, 6.45) is 0. The van der Waals surface area contributed by atoms with Crippen LogP contribution in [0.4, 0.5) is 13.2 Å². The maximum Gasteiger partial charge on any atom is 1.00 e. The molecule has 0 radical (unpaired) electrons. The zero-order valence-corrected chi connectivity index (χ0v) is 17.3. The Morgan fingerprint density at radius 3 is 1.37 bits per heavy atom. The normalized spacial score (nSPS) is 11.1. The second-order valence-electron chi connectivity index (χ2n) is 5.68. The van der Waals surface area contributed by atoms with Gasteiger partial charge in [-0.2, -0.15) is 13.2 Å². The van der Waals surface area contributed by atoms with E-state index < -0.39 is 15.6 Å². The third-order valence-corrected chi connectivity index (χ3v) is 4.31. The average Bonchev–Trinajstić information content (AvgIpc) is 2.66. The number of hydrogen-bond acceptors (Lipinski definition) is 5. The van der Waals surface area contributed by atoms with Crippen molar-refractivity contribution in [1.82, 2.24) is 9.97 Å². The summed E-state index contributed by atoms with van der Waals surface area (Å²) in [7, 11) is -6.09. The Morgan fingerprint density at radius 1 is 0.700 bits per heavy atom. The van der Waals surface area contributed by atoms with E-state index in [0.717, 1.165) is 33.2 Å². The van der Waals surface area contributed by atoms with E-state index in [1.165, 1.54) is 0 Å². The van der Waals surface area contributed by atoms with E-state index in [-0.39, 0.29) is 27.9 Å². The van der Waals surface area contributed by atoms with Gasteiger partial charge in [0.25, 0.3) is 0 Å². The van der Waals surface area contributed by atoms with Gasteiger partial charge in [0.15, 0.2) is 10.1 Å². The molecule has 11 heteroatoms. The summed E-state index contributed by atoms with van der Waals surface area (Å²) in [4.78, 5) is 9.38. The molecule has 0 aliphatic heterocycles. The Morgan fingerprint density at radius 2 is 1.03 bits per heavy atom. The predicted molar refractivity (Wildman–Crippen MR) is 103 cm³/mol. The third-order valence-electron chi connectivity index (χ3n) is 3.74. The molecular formula is C19H15AgF3N2O4S+. The molecule has 0 aliphatic carbocycles. The van der Waals surface area contributed by atoms with E-state index in [9.17, 15) is 13.2 Å². The molecule has 2 aromatic heterocycles. The van der Waals surface area contributed by atoms with Gasteiger partial charge in [-0.3, -0.25) is 0 Å². The number of nitrogens with zero attached hydrogens (tertiary/aromatic N) is 2. The Labute approximate surface area is 185 Å². The van der Waals surface area contributed by atoms with Gasteiger partial charge >= 0.3 is 27.9 Å². The summed E-state index contributed by atoms with van der Waals surface area (Å²) >= 11 is 0. The molecule has 0 aliphatic rings. The van der Waals surface area contributed by atoms with Crippen LogP contribution in [-0.4, -0.2) is 28.4 Å². The van der Waals surface area contributed by atoms with Crippen LogP contribution in [0.5, 0.6) is 0 Å². The molecule has 0 unspecified atom stereocenters. The van der Waals surface area contributed by atoms with E-state index in [1.807, 2.05) is 48.5 Å². The van der Waals surface area contributed by atoms with Crippen molar-refractivity contribution in [3.05, 3.63) is 72.8 Å². The number of alkyl halides is 3. The zero-order valence-electron chi connectivity index (χ0n) is 15.0. The number of halogens is 3. The molecule has 2 aromatic carbocycles. The van der Waals surface area contributed by atoms with Gasteiger partial charge in [-0.15, -0.1) is 0 Å². The zero-order chi connectivity index (χ0) is 20.4. The summed E-state index contributed by atoms with van der Waals surface area (Å²) in [5.41, 5.74) is -1.82. The molecule has 3 N–H and O–H groups in total. The van der Waals surface area contributed by atoms with Crippen LogP contribution in [0.3, 0.4) is 0 Å². The number of pyridine rings is 2. The summed E-state index contributed by atoms with van der Waals surface area (Å²) in [5.74, 6) is 0. The largest absolute Gasteiger partial charge is 1.00 e. The van der Waals surface area contributed by atoms with Crippen LogP contribution >= 0.6 is 0 Å². The molecule has 2 heterocycles. The second-order valence-corrected chi connectivity index (χ2v) is 7.05. The summed E-state index contributed by atoms with van der Waals surface area (Å²) < 4.78 is 58.9. The first kappa shape index (κ1) is 25.7. The molecule has 0 atom stereocenters. The van der Waals surface area contributed by atoms with Crippen LogP contribution in [0.25, 0.3) is 33.2 Å². The summed E-state index contributed by atoms with van der Waals surface area (Å²) in [5, 5.41) is 2.30. The molecule has 0 saturated carbocycles. The SMILES string of the molecule is O=S(=O)([O-])C(F)(F)F.[Ag+].[OH3+].c1ccc2nc(-c3ccc4ccccc4n3)ccc2c1. The van der Waals surface area contributed by atoms with Gasteiger partial charge < -0.3 is 10.0 Å². The summed E-state index contributed by atoms with van der Waals surface area (Å²) in [6, 6.07) is 24.5. The van der Waals surface area contributed by atoms with Gasteiger partial charge in [-0.05, 0) is 24.3 Å². The van der Waals surface area contributed by atoms with Crippen LogP contribution in [-0.2, 0) is 38.0 Å². The van der Waals surface area contributed by atoms with Gasteiger partial charge in [0.05, 0.1) is 22.4 Å². The van der Waals surface area contributed by atoms with Gasteiger partial charge in [0, 0.05) is 10.8 Å². The first-order valence-corrected chi connectivity index (χ1v) is 9.30. The van der Waals surface area contributed by atoms with Crippen molar-refractivity contribution < 1.29 is 54.0 Å². The van der Waals surface area contributed by atoms with Crippen molar-refractivity contribution in [3.8, 4) is 11.4 Å².